The van der Waals surface area contributed by atoms with Gasteiger partial charge in [-0.05, 0) is 31.1 Å². The molecule has 3 unspecified atom stereocenters. The van der Waals surface area contributed by atoms with Crippen LogP contribution in [-0.2, 0) is 9.53 Å². The minimum atomic E-state index is -0.710. The van der Waals surface area contributed by atoms with E-state index >= 15 is 0 Å². The number of carbonyl (C=O) groups excluding carboxylic acids is 1. The lowest BCUT2D eigenvalue weighted by Crippen LogP contribution is -2.60. The van der Waals surface area contributed by atoms with Crippen molar-refractivity contribution in [1.29, 1.82) is 0 Å². The topological polar surface area (TPSA) is 64.4 Å². The number of nitrogens with two attached hydrogens (primary N) is 1. The van der Waals surface area contributed by atoms with Crippen LogP contribution in [0.25, 0.3) is 0 Å². The fourth-order valence-electron chi connectivity index (χ4n) is 3.06. The minimum absolute atomic E-state index is 0. The predicted molar refractivity (Wildman–Crippen MR) is 78.3 cm³/mol. The normalized spacial score (nSPS) is 34.2. The minimum Gasteiger partial charge on any atom is -0.381 e. The van der Waals surface area contributed by atoms with E-state index in [-0.39, 0.29) is 18.3 Å². The Balaban J connectivity index is 0.00000180. The summed E-state index contributed by atoms with van der Waals surface area (Å²) in [5, 5.41) is 3.19. The Labute approximate surface area is 122 Å². The molecule has 2 aliphatic rings. The van der Waals surface area contributed by atoms with Gasteiger partial charge in [0.1, 0.15) is 0 Å². The van der Waals surface area contributed by atoms with Gasteiger partial charge in [-0.1, -0.05) is 26.7 Å². The highest BCUT2D eigenvalue weighted by Crippen LogP contribution is 2.30. The fraction of sp³-hybridized carbons (Fsp3) is 0.929. The number of rotatable bonds is 2. The summed E-state index contributed by atoms with van der Waals surface area (Å²) in [6.07, 6.45) is 4.83. The van der Waals surface area contributed by atoms with Crippen LogP contribution in [0.15, 0.2) is 0 Å². The van der Waals surface area contributed by atoms with Crippen LogP contribution < -0.4 is 11.1 Å². The molecule has 1 aliphatic heterocycles. The molecular formula is C14H27ClN2O2. The van der Waals surface area contributed by atoms with E-state index < -0.39 is 5.54 Å². The first kappa shape index (κ1) is 16.7. The molecule has 0 aromatic carbocycles. The molecule has 112 valence electrons. The lowest BCUT2D eigenvalue weighted by molar-refractivity contribution is -0.131. The zero-order chi connectivity index (χ0) is 13.2. The van der Waals surface area contributed by atoms with Crippen LogP contribution in [0, 0.1) is 11.8 Å². The van der Waals surface area contributed by atoms with Gasteiger partial charge in [0.2, 0.25) is 5.91 Å². The third kappa shape index (κ3) is 3.83. The predicted octanol–water partition coefficient (Wildman–Crippen LogP) is 1.86. The molecule has 1 saturated carbocycles. The molecule has 1 aliphatic carbocycles. The van der Waals surface area contributed by atoms with Crippen molar-refractivity contribution in [3.8, 4) is 0 Å². The molecule has 19 heavy (non-hydrogen) atoms. The largest absolute Gasteiger partial charge is 0.381 e. The van der Waals surface area contributed by atoms with Crippen molar-refractivity contribution in [3.05, 3.63) is 0 Å². The maximum absolute atomic E-state index is 12.3. The second-order valence-corrected chi connectivity index (χ2v) is 6.12. The van der Waals surface area contributed by atoms with E-state index in [9.17, 15) is 4.79 Å². The molecule has 2 fully saturated rings. The van der Waals surface area contributed by atoms with Gasteiger partial charge in [-0.15, -0.1) is 12.4 Å². The SMILES string of the molecule is CC1CCCC(NC(=O)C2(N)CCOCC2)C1C.Cl. The summed E-state index contributed by atoms with van der Waals surface area (Å²) < 4.78 is 5.28. The average Bonchev–Trinajstić information content (AvgIpc) is 2.36. The average molecular weight is 291 g/mol. The van der Waals surface area contributed by atoms with Gasteiger partial charge in [-0.2, -0.15) is 0 Å². The maximum atomic E-state index is 12.3. The molecule has 1 saturated heterocycles. The Morgan fingerprint density at radius 2 is 1.89 bits per heavy atom. The lowest BCUT2D eigenvalue weighted by atomic mass is 9.77. The number of carbonyl (C=O) groups is 1. The summed E-state index contributed by atoms with van der Waals surface area (Å²) in [7, 11) is 0. The summed E-state index contributed by atoms with van der Waals surface area (Å²) in [6.45, 7) is 5.71. The standard InChI is InChI=1S/C14H26N2O2.ClH/c1-10-4-3-5-12(11(10)2)16-13(17)14(15)6-8-18-9-7-14;/h10-12H,3-9,15H2,1-2H3,(H,16,17);1H. The van der Waals surface area contributed by atoms with Gasteiger partial charge in [0, 0.05) is 19.3 Å². The van der Waals surface area contributed by atoms with Crippen molar-refractivity contribution in [2.24, 2.45) is 17.6 Å². The molecule has 0 radical (unpaired) electrons. The summed E-state index contributed by atoms with van der Waals surface area (Å²) in [6, 6.07) is 0.296. The Morgan fingerprint density at radius 1 is 1.26 bits per heavy atom. The number of nitrogens with one attached hydrogen (secondary N) is 1. The molecule has 1 amide bonds. The van der Waals surface area contributed by atoms with E-state index in [1.807, 2.05) is 0 Å². The van der Waals surface area contributed by atoms with Gasteiger partial charge in [-0.3, -0.25) is 4.79 Å². The van der Waals surface area contributed by atoms with Crippen molar-refractivity contribution in [1.82, 2.24) is 5.32 Å². The Hall–Kier alpha value is -0.320. The van der Waals surface area contributed by atoms with Gasteiger partial charge in [0.25, 0.3) is 0 Å². The number of hydrogen-bond acceptors (Lipinski definition) is 3. The summed E-state index contributed by atoms with van der Waals surface area (Å²) in [4.78, 5) is 12.3. The fourth-order valence-corrected chi connectivity index (χ4v) is 3.06. The first-order valence-electron chi connectivity index (χ1n) is 7.20. The molecule has 2 rings (SSSR count). The molecule has 4 nitrogen and oxygen atoms in total. The second-order valence-electron chi connectivity index (χ2n) is 6.12. The van der Waals surface area contributed by atoms with E-state index in [0.717, 1.165) is 6.42 Å². The molecule has 0 aromatic heterocycles. The maximum Gasteiger partial charge on any atom is 0.240 e. The van der Waals surface area contributed by atoms with Gasteiger partial charge >= 0.3 is 0 Å². The van der Waals surface area contributed by atoms with Crippen molar-refractivity contribution < 1.29 is 9.53 Å². The number of halogens is 1. The zero-order valence-corrected chi connectivity index (χ0v) is 12.8. The Bertz CT molecular complexity index is 306. The smallest absolute Gasteiger partial charge is 0.240 e. The molecule has 0 bridgehead atoms. The van der Waals surface area contributed by atoms with Crippen molar-refractivity contribution in [2.45, 2.75) is 57.5 Å². The van der Waals surface area contributed by atoms with Crippen molar-refractivity contribution >= 4 is 18.3 Å². The van der Waals surface area contributed by atoms with Crippen LogP contribution >= 0.6 is 12.4 Å². The highest BCUT2D eigenvalue weighted by molar-refractivity contribution is 5.86. The number of amides is 1. The van der Waals surface area contributed by atoms with E-state index in [1.54, 1.807) is 0 Å². The first-order valence-corrected chi connectivity index (χ1v) is 7.20. The Morgan fingerprint density at radius 3 is 2.53 bits per heavy atom. The molecular weight excluding hydrogens is 264 g/mol. The number of hydrogen-bond donors (Lipinski definition) is 2. The van der Waals surface area contributed by atoms with Crippen LogP contribution in [0.1, 0.15) is 46.0 Å². The van der Waals surface area contributed by atoms with Gasteiger partial charge < -0.3 is 15.8 Å². The molecule has 3 atom stereocenters. The quantitative estimate of drug-likeness (QED) is 0.816. The highest BCUT2D eigenvalue weighted by Gasteiger charge is 2.38. The zero-order valence-electron chi connectivity index (χ0n) is 12.0. The summed E-state index contributed by atoms with van der Waals surface area (Å²) >= 11 is 0. The van der Waals surface area contributed by atoms with Gasteiger partial charge in [-0.25, -0.2) is 0 Å². The third-order valence-electron chi connectivity index (χ3n) is 4.86. The van der Waals surface area contributed by atoms with Gasteiger partial charge in [0.05, 0.1) is 5.54 Å². The van der Waals surface area contributed by atoms with Crippen LogP contribution in [0.2, 0.25) is 0 Å². The molecule has 1 heterocycles. The van der Waals surface area contributed by atoms with E-state index in [4.69, 9.17) is 10.5 Å². The van der Waals surface area contributed by atoms with E-state index in [2.05, 4.69) is 19.2 Å². The van der Waals surface area contributed by atoms with Crippen LogP contribution in [0.3, 0.4) is 0 Å². The van der Waals surface area contributed by atoms with Crippen LogP contribution in [0.5, 0.6) is 0 Å². The van der Waals surface area contributed by atoms with Crippen LogP contribution in [-0.4, -0.2) is 30.7 Å². The van der Waals surface area contributed by atoms with Crippen molar-refractivity contribution in [3.63, 3.8) is 0 Å². The van der Waals surface area contributed by atoms with Crippen LogP contribution in [0.4, 0.5) is 0 Å². The number of ether oxygens (including phenoxy) is 1. The third-order valence-corrected chi connectivity index (χ3v) is 4.86. The lowest BCUT2D eigenvalue weighted by Gasteiger charge is -2.38. The second kappa shape index (κ2) is 6.91. The monoisotopic (exact) mass is 290 g/mol. The molecule has 0 spiro atoms. The molecule has 3 N–H and O–H groups in total. The summed E-state index contributed by atoms with van der Waals surface area (Å²) in [5.41, 5.74) is 5.50. The highest BCUT2D eigenvalue weighted by atomic mass is 35.5. The van der Waals surface area contributed by atoms with E-state index in [1.165, 1.54) is 12.8 Å². The molecule has 5 heteroatoms. The Kier molecular flexibility index (Phi) is 6.09. The van der Waals surface area contributed by atoms with Crippen molar-refractivity contribution in [2.75, 3.05) is 13.2 Å². The van der Waals surface area contributed by atoms with Gasteiger partial charge in [0.15, 0.2) is 0 Å². The first-order chi connectivity index (χ1) is 8.53. The molecule has 0 aromatic rings. The summed E-state index contributed by atoms with van der Waals surface area (Å²) in [5.74, 6) is 1.26. The van der Waals surface area contributed by atoms with E-state index in [0.29, 0.717) is 43.9 Å².